The number of methoxy groups -OCH3 is 1. The Morgan fingerprint density at radius 3 is 1.86 bits per heavy atom. The molecule has 2 aromatic heterocycles. The van der Waals surface area contributed by atoms with Crippen molar-refractivity contribution >= 4 is 0 Å². The van der Waals surface area contributed by atoms with E-state index in [0.717, 1.165) is 40.6 Å². The van der Waals surface area contributed by atoms with Gasteiger partial charge in [0.1, 0.15) is 23.8 Å². The minimum atomic E-state index is -1.55. The summed E-state index contributed by atoms with van der Waals surface area (Å²) in [4.78, 5) is 59.9. The number of rotatable bonds is 12. The van der Waals surface area contributed by atoms with Gasteiger partial charge < -0.3 is 29.3 Å². The van der Waals surface area contributed by atoms with Gasteiger partial charge in [-0.15, -0.1) is 0 Å². The standard InChI is InChI=1S/C37H39N5O9/c1-4-50-26-13-9-24(10-14-26)41-34(45)30(32(43)38-36(41)47)29(22-8-17-28(49-3)23(20-22)21-40-18-6-7-19-40)31-33(44)39-37(48)42(35(31)46)25-11-15-27(16-12-25)51-5-2/h8-17,20,29,45-46H,4-7,18-19,21H2,1-3H3,(H,38,43,47)(H,39,44,48). The summed E-state index contributed by atoms with van der Waals surface area (Å²) < 4.78 is 18.3. The number of aromatic hydroxyl groups is 1. The summed E-state index contributed by atoms with van der Waals surface area (Å²) in [7, 11) is 1.53. The third-order valence-electron chi connectivity index (χ3n) is 9.00. The quantitative estimate of drug-likeness (QED) is 0.149. The van der Waals surface area contributed by atoms with E-state index in [9.17, 15) is 29.4 Å². The van der Waals surface area contributed by atoms with Gasteiger partial charge in [0.25, 0.3) is 11.1 Å². The highest BCUT2D eigenvalue weighted by Crippen LogP contribution is 2.38. The zero-order valence-electron chi connectivity index (χ0n) is 28.5. The van der Waals surface area contributed by atoms with E-state index in [1.165, 1.54) is 36.3 Å². The molecule has 3 heterocycles. The average molecular weight is 698 g/mol. The monoisotopic (exact) mass is 697 g/mol. The van der Waals surface area contributed by atoms with Gasteiger partial charge in [0.15, 0.2) is 0 Å². The van der Waals surface area contributed by atoms with Crippen molar-refractivity contribution in [1.29, 1.82) is 0 Å². The SMILES string of the molecule is CCOc1ccc(-n2c([O-])c(C(c3ccc(OC)c(C[NH+]4CCCC4)c3)c3c(O)n(-c4ccc(OCC)cc4)c(=O)[nH]c3=O)c(=O)[nH]c2=O)cc1. The number of hydrogen-bond donors (Lipinski definition) is 4. The molecule has 1 atom stereocenters. The molecule has 0 saturated carbocycles. The Labute approximate surface area is 291 Å². The highest BCUT2D eigenvalue weighted by molar-refractivity contribution is 5.53. The molecule has 0 aliphatic carbocycles. The van der Waals surface area contributed by atoms with Gasteiger partial charge in [-0.25, -0.2) is 14.2 Å². The summed E-state index contributed by atoms with van der Waals surface area (Å²) in [5.74, 6) is -1.78. The predicted molar refractivity (Wildman–Crippen MR) is 186 cm³/mol. The van der Waals surface area contributed by atoms with Crippen LogP contribution >= 0.6 is 0 Å². The van der Waals surface area contributed by atoms with Crippen molar-refractivity contribution in [1.82, 2.24) is 19.1 Å². The number of nitrogens with zero attached hydrogens (tertiary/aromatic N) is 2. The summed E-state index contributed by atoms with van der Waals surface area (Å²) >= 11 is 0. The molecule has 1 aliphatic rings. The number of aromatic nitrogens is 4. The molecule has 0 bridgehead atoms. The summed E-state index contributed by atoms with van der Waals surface area (Å²) in [6.07, 6.45) is 2.14. The van der Waals surface area contributed by atoms with Crippen LogP contribution < -0.4 is 46.7 Å². The summed E-state index contributed by atoms with van der Waals surface area (Å²) in [5.41, 5.74) is -3.66. The fraction of sp³-hybridized carbons (Fsp3) is 0.297. The van der Waals surface area contributed by atoms with E-state index in [1.807, 2.05) is 13.8 Å². The highest BCUT2D eigenvalue weighted by atomic mass is 16.5. The molecule has 14 heteroatoms. The van der Waals surface area contributed by atoms with E-state index in [1.54, 1.807) is 42.5 Å². The Bertz CT molecular complexity index is 2140. The van der Waals surface area contributed by atoms with E-state index < -0.39 is 51.3 Å². The smallest absolute Gasteiger partial charge is 0.335 e. The molecule has 0 amide bonds. The molecule has 14 nitrogen and oxygen atoms in total. The van der Waals surface area contributed by atoms with E-state index >= 15 is 0 Å². The van der Waals surface area contributed by atoms with Crippen LogP contribution in [0.15, 0.2) is 85.9 Å². The third-order valence-corrected chi connectivity index (χ3v) is 9.00. The molecule has 266 valence electrons. The van der Waals surface area contributed by atoms with E-state index in [-0.39, 0.29) is 16.9 Å². The van der Waals surface area contributed by atoms with E-state index in [2.05, 4.69) is 9.97 Å². The lowest BCUT2D eigenvalue weighted by atomic mass is 9.85. The molecule has 1 fully saturated rings. The second-order valence-electron chi connectivity index (χ2n) is 12.1. The zero-order chi connectivity index (χ0) is 36.2. The molecular weight excluding hydrogens is 658 g/mol. The number of ether oxygens (including phenoxy) is 3. The van der Waals surface area contributed by atoms with Crippen LogP contribution in [0.3, 0.4) is 0 Å². The lowest BCUT2D eigenvalue weighted by molar-refractivity contribution is -0.901. The normalized spacial score (nSPS) is 13.6. The maximum atomic E-state index is 14.4. The van der Waals surface area contributed by atoms with Crippen molar-refractivity contribution < 1.29 is 29.3 Å². The molecule has 5 aromatic rings. The van der Waals surface area contributed by atoms with Crippen LogP contribution in [0.5, 0.6) is 29.0 Å². The average Bonchev–Trinajstić information content (AvgIpc) is 3.62. The first kappa shape index (κ1) is 34.8. The topological polar surface area (TPSA) is 185 Å². The Hall–Kier alpha value is -6.02. The second-order valence-corrected chi connectivity index (χ2v) is 12.1. The predicted octanol–water partition coefficient (Wildman–Crippen LogP) is 1.31. The largest absolute Gasteiger partial charge is 0.859 e. The van der Waals surface area contributed by atoms with Crippen LogP contribution in [-0.4, -0.2) is 57.6 Å². The van der Waals surface area contributed by atoms with E-state index in [0.29, 0.717) is 37.0 Å². The maximum Gasteiger partial charge on any atom is 0.335 e. The number of benzene rings is 3. The van der Waals surface area contributed by atoms with Crippen LogP contribution in [-0.2, 0) is 6.54 Å². The minimum Gasteiger partial charge on any atom is -0.859 e. The van der Waals surface area contributed by atoms with Crippen molar-refractivity contribution in [2.45, 2.75) is 39.2 Å². The van der Waals surface area contributed by atoms with Gasteiger partial charge in [0, 0.05) is 29.7 Å². The summed E-state index contributed by atoms with van der Waals surface area (Å²) in [5, 5.41) is 26.3. The first-order valence-corrected chi connectivity index (χ1v) is 16.8. The van der Waals surface area contributed by atoms with Gasteiger partial charge >= 0.3 is 11.4 Å². The molecule has 3 aromatic carbocycles. The lowest BCUT2D eigenvalue weighted by Gasteiger charge is -2.27. The van der Waals surface area contributed by atoms with Crippen molar-refractivity contribution in [3.63, 3.8) is 0 Å². The molecule has 51 heavy (non-hydrogen) atoms. The van der Waals surface area contributed by atoms with Crippen LogP contribution in [0, 0.1) is 0 Å². The molecule has 1 unspecified atom stereocenters. The Balaban J connectivity index is 1.63. The molecule has 1 aliphatic heterocycles. The van der Waals surface area contributed by atoms with Crippen LogP contribution in [0.2, 0.25) is 0 Å². The third kappa shape index (κ3) is 6.90. The molecular formula is C37H39N5O9. The van der Waals surface area contributed by atoms with Gasteiger partial charge in [-0.1, -0.05) is 6.07 Å². The van der Waals surface area contributed by atoms with Crippen LogP contribution in [0.4, 0.5) is 0 Å². The highest BCUT2D eigenvalue weighted by Gasteiger charge is 2.32. The second kappa shape index (κ2) is 14.8. The maximum absolute atomic E-state index is 14.4. The number of aromatic amines is 2. The number of nitrogens with one attached hydrogen (secondary N) is 3. The van der Waals surface area contributed by atoms with Crippen molar-refractivity contribution in [3.05, 3.63) is 131 Å². The Morgan fingerprint density at radius 1 is 0.784 bits per heavy atom. The van der Waals surface area contributed by atoms with Crippen LogP contribution in [0.1, 0.15) is 54.9 Å². The summed E-state index contributed by atoms with van der Waals surface area (Å²) in [6.45, 7) is 6.89. The van der Waals surface area contributed by atoms with Crippen molar-refractivity contribution in [2.24, 2.45) is 0 Å². The fourth-order valence-electron chi connectivity index (χ4n) is 6.69. The molecule has 0 radical (unpaired) electrons. The lowest BCUT2D eigenvalue weighted by Crippen LogP contribution is -3.08. The van der Waals surface area contributed by atoms with Crippen LogP contribution in [0.25, 0.3) is 11.4 Å². The summed E-state index contributed by atoms with van der Waals surface area (Å²) in [6, 6.07) is 17.3. The Morgan fingerprint density at radius 2 is 1.31 bits per heavy atom. The van der Waals surface area contributed by atoms with Crippen molar-refractivity contribution in [3.8, 4) is 40.4 Å². The van der Waals surface area contributed by atoms with Gasteiger partial charge in [-0.3, -0.25) is 24.1 Å². The first-order chi connectivity index (χ1) is 24.6. The molecule has 1 saturated heterocycles. The van der Waals surface area contributed by atoms with E-state index in [4.69, 9.17) is 14.2 Å². The molecule has 0 spiro atoms. The number of H-pyrrole nitrogens is 2. The molecule has 4 N–H and O–H groups in total. The van der Waals surface area contributed by atoms with Gasteiger partial charge in [0.2, 0.25) is 5.88 Å². The van der Waals surface area contributed by atoms with Gasteiger partial charge in [0.05, 0.1) is 50.6 Å². The first-order valence-electron chi connectivity index (χ1n) is 16.8. The molecule has 6 rings (SSSR count). The number of hydrogen-bond acceptors (Lipinski definition) is 9. The van der Waals surface area contributed by atoms with Crippen molar-refractivity contribution in [2.75, 3.05) is 33.4 Å². The van der Waals surface area contributed by atoms with Gasteiger partial charge in [-0.05, 0) is 86.0 Å². The minimum absolute atomic E-state index is 0.134. The zero-order valence-corrected chi connectivity index (χ0v) is 28.5. The number of likely N-dealkylation sites (tertiary alicyclic amines) is 1. The fourth-order valence-corrected chi connectivity index (χ4v) is 6.69. The van der Waals surface area contributed by atoms with Gasteiger partial charge in [-0.2, -0.15) is 0 Å². The number of quaternary nitrogens is 1. The Kier molecular flexibility index (Phi) is 10.1.